The third-order valence-electron chi connectivity index (χ3n) is 9.09. The predicted molar refractivity (Wildman–Crippen MR) is 193 cm³/mol. The number of carbonyl (C=O) groups is 1. The second-order valence-corrected chi connectivity index (χ2v) is 12.5. The van der Waals surface area contributed by atoms with E-state index in [4.69, 9.17) is 26.8 Å². The SMILES string of the molecule is COc1cc(N)c(Cl)cc1C(=O)N[C@H]1CCN(CCC[n+]2c(-c3ccccc3)cc(-c3ccccc3)cc2-c2ccccc2)C[C@H]1OC. The molecular weight excluding hydrogens is 620 g/mol. The molecule has 5 aromatic rings. The molecule has 1 aliphatic rings. The minimum absolute atomic E-state index is 0.144. The molecule has 48 heavy (non-hydrogen) atoms. The number of nitrogen functional groups attached to an aromatic ring is 1. The Labute approximate surface area is 287 Å². The summed E-state index contributed by atoms with van der Waals surface area (Å²) >= 11 is 6.23. The van der Waals surface area contributed by atoms with Gasteiger partial charge in [-0.2, -0.15) is 4.57 Å². The fraction of sp³-hybridized carbons (Fsp3) is 0.250. The number of hydrogen-bond acceptors (Lipinski definition) is 5. The van der Waals surface area contributed by atoms with Gasteiger partial charge >= 0.3 is 0 Å². The number of benzene rings is 4. The molecule has 6 rings (SSSR count). The molecule has 0 saturated carbocycles. The number of aromatic nitrogens is 1. The van der Waals surface area contributed by atoms with Crippen molar-refractivity contribution in [3.63, 3.8) is 0 Å². The molecule has 1 fully saturated rings. The van der Waals surface area contributed by atoms with Crippen LogP contribution in [0, 0.1) is 0 Å². The number of anilines is 1. The lowest BCUT2D eigenvalue weighted by atomic mass is 9.98. The van der Waals surface area contributed by atoms with Crippen LogP contribution in [0.15, 0.2) is 115 Å². The average molecular weight is 662 g/mol. The topological polar surface area (TPSA) is 80.7 Å². The van der Waals surface area contributed by atoms with Crippen molar-refractivity contribution in [2.45, 2.75) is 31.5 Å². The summed E-state index contributed by atoms with van der Waals surface area (Å²) in [6, 6.07) is 39.5. The van der Waals surface area contributed by atoms with Crippen LogP contribution in [0.5, 0.6) is 5.75 Å². The number of nitrogens with one attached hydrogen (secondary N) is 1. The van der Waals surface area contributed by atoms with Crippen LogP contribution in [0.1, 0.15) is 23.2 Å². The highest BCUT2D eigenvalue weighted by atomic mass is 35.5. The number of hydrogen-bond donors (Lipinski definition) is 2. The van der Waals surface area contributed by atoms with Crippen molar-refractivity contribution in [1.29, 1.82) is 0 Å². The van der Waals surface area contributed by atoms with Crippen LogP contribution in [-0.2, 0) is 11.3 Å². The van der Waals surface area contributed by atoms with Gasteiger partial charge in [-0.1, -0.05) is 78.3 Å². The largest absolute Gasteiger partial charge is 0.496 e. The first-order chi connectivity index (χ1) is 23.4. The number of nitrogens with two attached hydrogens (primary N) is 1. The molecule has 1 saturated heterocycles. The van der Waals surface area contributed by atoms with Gasteiger partial charge < -0.3 is 25.4 Å². The van der Waals surface area contributed by atoms with Crippen molar-refractivity contribution in [2.24, 2.45) is 0 Å². The third-order valence-corrected chi connectivity index (χ3v) is 9.42. The monoisotopic (exact) mass is 661 g/mol. The van der Waals surface area contributed by atoms with Crippen LogP contribution in [0.3, 0.4) is 0 Å². The number of halogens is 1. The average Bonchev–Trinajstić information content (AvgIpc) is 3.14. The van der Waals surface area contributed by atoms with E-state index in [-0.39, 0.29) is 18.1 Å². The molecule has 3 N–H and O–H groups in total. The number of pyridine rings is 1. The summed E-state index contributed by atoms with van der Waals surface area (Å²) in [5.41, 5.74) is 13.8. The first kappa shape index (κ1) is 33.2. The summed E-state index contributed by atoms with van der Waals surface area (Å²) in [5.74, 6) is 0.131. The fourth-order valence-corrected chi connectivity index (χ4v) is 6.72. The summed E-state index contributed by atoms with van der Waals surface area (Å²) < 4.78 is 13.8. The van der Waals surface area contributed by atoms with E-state index in [1.165, 1.54) is 40.8 Å². The van der Waals surface area contributed by atoms with Crippen molar-refractivity contribution in [3.05, 3.63) is 126 Å². The van der Waals surface area contributed by atoms with E-state index in [9.17, 15) is 4.79 Å². The Morgan fingerprint density at radius 1 is 0.854 bits per heavy atom. The van der Waals surface area contributed by atoms with Gasteiger partial charge in [-0.05, 0) is 47.9 Å². The van der Waals surface area contributed by atoms with Gasteiger partial charge in [-0.25, -0.2) is 0 Å². The second-order valence-electron chi connectivity index (χ2n) is 12.1. The summed E-state index contributed by atoms with van der Waals surface area (Å²) in [6.07, 6.45) is 1.55. The molecule has 2 atom stereocenters. The van der Waals surface area contributed by atoms with Crippen LogP contribution in [0.2, 0.25) is 5.02 Å². The second kappa shape index (κ2) is 15.5. The molecule has 0 spiro atoms. The molecule has 246 valence electrons. The first-order valence-electron chi connectivity index (χ1n) is 16.4. The molecular formula is C40H42ClN4O3+. The van der Waals surface area contributed by atoms with Gasteiger partial charge in [0.05, 0.1) is 35.5 Å². The Bertz CT molecular complexity index is 1780. The van der Waals surface area contributed by atoms with Crippen LogP contribution < -0.4 is 20.4 Å². The quantitative estimate of drug-likeness (QED) is 0.116. The van der Waals surface area contributed by atoms with E-state index in [1.807, 2.05) is 0 Å². The number of rotatable bonds is 11. The molecule has 1 amide bonds. The number of carbonyl (C=O) groups excluding carboxylic acids is 1. The maximum atomic E-state index is 13.3. The molecule has 0 bridgehead atoms. The Balaban J connectivity index is 1.20. The number of methoxy groups -OCH3 is 2. The highest BCUT2D eigenvalue weighted by Crippen LogP contribution is 2.31. The zero-order valence-corrected chi connectivity index (χ0v) is 28.2. The molecule has 1 aliphatic heterocycles. The minimum atomic E-state index is -0.258. The maximum absolute atomic E-state index is 13.3. The molecule has 2 heterocycles. The summed E-state index contributed by atoms with van der Waals surface area (Å²) in [7, 11) is 3.22. The highest BCUT2D eigenvalue weighted by Gasteiger charge is 2.32. The maximum Gasteiger partial charge on any atom is 0.255 e. The Morgan fingerprint density at radius 3 is 2.00 bits per heavy atom. The van der Waals surface area contributed by atoms with E-state index < -0.39 is 0 Å². The number of likely N-dealkylation sites (tertiary alicyclic amines) is 1. The van der Waals surface area contributed by atoms with E-state index in [2.05, 4.69) is 118 Å². The van der Waals surface area contributed by atoms with Crippen molar-refractivity contribution >= 4 is 23.2 Å². The number of amides is 1. The Kier molecular flexibility index (Phi) is 10.7. The number of piperidine rings is 1. The molecule has 4 aromatic carbocycles. The minimum Gasteiger partial charge on any atom is -0.496 e. The van der Waals surface area contributed by atoms with Crippen LogP contribution in [-0.4, -0.2) is 56.8 Å². The normalized spacial score (nSPS) is 16.4. The number of nitrogens with zero attached hydrogens (tertiary/aromatic N) is 2. The summed E-state index contributed by atoms with van der Waals surface area (Å²) in [6.45, 7) is 3.31. The molecule has 8 heteroatoms. The zero-order valence-electron chi connectivity index (χ0n) is 27.4. The lowest BCUT2D eigenvalue weighted by Gasteiger charge is -2.38. The van der Waals surface area contributed by atoms with Crippen LogP contribution in [0.25, 0.3) is 33.6 Å². The Morgan fingerprint density at radius 2 is 1.44 bits per heavy atom. The van der Waals surface area contributed by atoms with Crippen molar-refractivity contribution in [1.82, 2.24) is 10.2 Å². The van der Waals surface area contributed by atoms with Gasteiger partial charge in [-0.15, -0.1) is 0 Å². The molecule has 0 unspecified atom stereocenters. The van der Waals surface area contributed by atoms with E-state index in [1.54, 1.807) is 19.2 Å². The van der Waals surface area contributed by atoms with Gasteiger partial charge in [0.2, 0.25) is 11.4 Å². The van der Waals surface area contributed by atoms with Gasteiger partial charge in [0, 0.05) is 62.5 Å². The zero-order chi connectivity index (χ0) is 33.5. The molecule has 1 aromatic heterocycles. The standard InChI is InChI=1S/C40H41ClN4O3/c1-47-38-26-34(42)33(41)25-32(38)40(46)43-35-19-22-44(27-39(35)48-2)20-12-21-45-36(29-15-8-4-9-16-29)23-31(28-13-6-3-7-14-28)24-37(45)30-17-10-5-11-18-30/h3-11,13-18,23-26,35,39H,12,19-22,27H2,1-2H3,(H2-,42,43,46)/p+1/t35-,39+/m0/s1. The van der Waals surface area contributed by atoms with Crippen LogP contribution in [0.4, 0.5) is 5.69 Å². The van der Waals surface area contributed by atoms with Gasteiger partial charge in [0.1, 0.15) is 5.75 Å². The van der Waals surface area contributed by atoms with Gasteiger partial charge in [0.15, 0.2) is 6.54 Å². The van der Waals surface area contributed by atoms with Gasteiger partial charge in [-0.3, -0.25) is 4.79 Å². The lowest BCUT2D eigenvalue weighted by Crippen LogP contribution is -2.55. The summed E-state index contributed by atoms with van der Waals surface area (Å²) in [5, 5.41) is 3.47. The van der Waals surface area contributed by atoms with E-state index >= 15 is 0 Å². The smallest absolute Gasteiger partial charge is 0.255 e. The lowest BCUT2D eigenvalue weighted by molar-refractivity contribution is -0.675. The van der Waals surface area contributed by atoms with Gasteiger partial charge in [0.25, 0.3) is 5.91 Å². The highest BCUT2D eigenvalue weighted by molar-refractivity contribution is 6.33. The first-order valence-corrected chi connectivity index (χ1v) is 16.8. The molecule has 0 radical (unpaired) electrons. The molecule has 7 nitrogen and oxygen atoms in total. The molecule has 0 aliphatic carbocycles. The van der Waals surface area contributed by atoms with Crippen molar-refractivity contribution in [3.8, 4) is 39.4 Å². The van der Waals surface area contributed by atoms with Crippen molar-refractivity contribution < 1.29 is 18.8 Å². The Hall–Kier alpha value is -4.69. The van der Waals surface area contributed by atoms with E-state index in [0.717, 1.165) is 39.0 Å². The fourth-order valence-electron chi connectivity index (χ4n) is 6.56. The van der Waals surface area contributed by atoms with E-state index in [0.29, 0.717) is 22.0 Å². The van der Waals surface area contributed by atoms with Crippen LogP contribution >= 0.6 is 11.6 Å². The predicted octanol–water partition coefficient (Wildman–Crippen LogP) is 7.13. The number of ether oxygens (including phenoxy) is 2. The summed E-state index contributed by atoms with van der Waals surface area (Å²) in [4.78, 5) is 15.7. The third kappa shape index (κ3) is 7.55. The van der Waals surface area contributed by atoms with Crippen molar-refractivity contribution in [2.75, 3.05) is 39.6 Å².